The minimum Gasteiger partial charge on any atom is -0.325 e. The maximum atomic E-state index is 12.7. The van der Waals surface area contributed by atoms with Gasteiger partial charge < -0.3 is 10.6 Å². The Hall–Kier alpha value is -2.62. The summed E-state index contributed by atoms with van der Waals surface area (Å²) in [5.41, 5.74) is 3.91. The molecule has 4 nitrogen and oxygen atoms in total. The highest BCUT2D eigenvalue weighted by Gasteiger charge is 2.56. The highest BCUT2D eigenvalue weighted by Crippen LogP contribution is 2.47. The summed E-state index contributed by atoms with van der Waals surface area (Å²) < 4.78 is 0. The van der Waals surface area contributed by atoms with Crippen LogP contribution in [0.2, 0.25) is 0 Å². The average molecular weight is 336 g/mol. The molecule has 0 bridgehead atoms. The van der Waals surface area contributed by atoms with Gasteiger partial charge in [-0.05, 0) is 62.4 Å². The van der Waals surface area contributed by atoms with Crippen LogP contribution in [0.3, 0.4) is 0 Å². The molecule has 130 valence electrons. The van der Waals surface area contributed by atoms with Crippen LogP contribution in [0.1, 0.15) is 36.5 Å². The summed E-state index contributed by atoms with van der Waals surface area (Å²) in [6.07, 6.45) is 2.13. The molecule has 0 atom stereocenters. The number of benzene rings is 2. The Morgan fingerprint density at radius 3 is 2.16 bits per heavy atom. The van der Waals surface area contributed by atoms with Gasteiger partial charge in [-0.2, -0.15) is 0 Å². The Morgan fingerprint density at radius 2 is 1.60 bits per heavy atom. The van der Waals surface area contributed by atoms with E-state index in [0.717, 1.165) is 28.9 Å². The van der Waals surface area contributed by atoms with Crippen molar-refractivity contribution in [2.75, 3.05) is 10.6 Å². The van der Waals surface area contributed by atoms with Crippen LogP contribution in [0.15, 0.2) is 42.5 Å². The number of amides is 2. The lowest BCUT2D eigenvalue weighted by molar-refractivity contribution is -0.131. The van der Waals surface area contributed by atoms with E-state index in [1.54, 1.807) is 0 Å². The molecular weight excluding hydrogens is 312 g/mol. The third kappa shape index (κ3) is 3.58. The van der Waals surface area contributed by atoms with Gasteiger partial charge in [-0.25, -0.2) is 0 Å². The van der Waals surface area contributed by atoms with E-state index in [9.17, 15) is 9.59 Å². The van der Waals surface area contributed by atoms with Gasteiger partial charge in [0.2, 0.25) is 11.8 Å². The Balaban J connectivity index is 1.69. The monoisotopic (exact) mass is 336 g/mol. The summed E-state index contributed by atoms with van der Waals surface area (Å²) in [6, 6.07) is 13.6. The van der Waals surface area contributed by atoms with E-state index in [1.807, 2.05) is 56.3 Å². The molecule has 2 amide bonds. The summed E-state index contributed by atoms with van der Waals surface area (Å²) in [4.78, 5) is 25.3. The normalized spacial score (nSPS) is 14.7. The minimum atomic E-state index is -0.944. The molecule has 0 aromatic heterocycles. The zero-order valence-electron chi connectivity index (χ0n) is 15.0. The largest absolute Gasteiger partial charge is 0.325 e. The van der Waals surface area contributed by atoms with Crippen molar-refractivity contribution in [3.8, 4) is 0 Å². The summed E-state index contributed by atoms with van der Waals surface area (Å²) in [6.45, 7) is 6.06. The number of carbonyl (C=O) groups excluding carboxylic acids is 2. The number of anilines is 2. The van der Waals surface area contributed by atoms with Crippen LogP contribution in [0.5, 0.6) is 0 Å². The van der Waals surface area contributed by atoms with Gasteiger partial charge >= 0.3 is 0 Å². The molecule has 3 rings (SSSR count). The lowest BCUT2D eigenvalue weighted by atomic mass is 10.0. The molecule has 2 aromatic rings. The molecule has 1 aliphatic carbocycles. The summed E-state index contributed by atoms with van der Waals surface area (Å²) in [5.74, 6) is -0.443. The molecule has 0 saturated heterocycles. The topological polar surface area (TPSA) is 58.2 Å². The molecule has 0 radical (unpaired) electrons. The van der Waals surface area contributed by atoms with Gasteiger partial charge in [0.1, 0.15) is 5.41 Å². The van der Waals surface area contributed by atoms with Gasteiger partial charge in [0.05, 0.1) is 0 Å². The van der Waals surface area contributed by atoms with Crippen molar-refractivity contribution in [2.45, 2.75) is 40.0 Å². The average Bonchev–Trinajstić information content (AvgIpc) is 3.40. The second-order valence-corrected chi connectivity index (χ2v) is 6.86. The molecule has 0 unspecified atom stereocenters. The van der Waals surface area contributed by atoms with E-state index in [4.69, 9.17) is 0 Å². The van der Waals surface area contributed by atoms with Gasteiger partial charge in [-0.1, -0.05) is 36.8 Å². The zero-order valence-corrected chi connectivity index (χ0v) is 15.0. The molecule has 0 aliphatic heterocycles. The van der Waals surface area contributed by atoms with Crippen molar-refractivity contribution in [3.05, 3.63) is 59.2 Å². The van der Waals surface area contributed by atoms with E-state index < -0.39 is 5.41 Å². The van der Waals surface area contributed by atoms with Crippen molar-refractivity contribution in [3.63, 3.8) is 0 Å². The number of carbonyl (C=O) groups is 2. The van der Waals surface area contributed by atoms with Crippen LogP contribution in [0.4, 0.5) is 11.4 Å². The quantitative estimate of drug-likeness (QED) is 0.803. The van der Waals surface area contributed by atoms with Crippen LogP contribution in [-0.4, -0.2) is 11.8 Å². The molecule has 2 N–H and O–H groups in total. The predicted molar refractivity (Wildman–Crippen MR) is 101 cm³/mol. The van der Waals surface area contributed by atoms with Crippen molar-refractivity contribution in [1.82, 2.24) is 0 Å². The van der Waals surface area contributed by atoms with Crippen LogP contribution in [0.25, 0.3) is 0 Å². The number of hydrogen-bond donors (Lipinski definition) is 2. The van der Waals surface area contributed by atoms with E-state index in [2.05, 4.69) is 17.6 Å². The Morgan fingerprint density at radius 1 is 0.960 bits per heavy atom. The van der Waals surface area contributed by atoms with Crippen molar-refractivity contribution >= 4 is 23.2 Å². The third-order valence-electron chi connectivity index (χ3n) is 4.87. The van der Waals surface area contributed by atoms with Crippen LogP contribution < -0.4 is 10.6 Å². The van der Waals surface area contributed by atoms with Gasteiger partial charge in [-0.3, -0.25) is 9.59 Å². The molecule has 1 saturated carbocycles. The molecule has 0 spiro atoms. The van der Waals surface area contributed by atoms with Gasteiger partial charge in [0.25, 0.3) is 0 Å². The van der Waals surface area contributed by atoms with Crippen molar-refractivity contribution < 1.29 is 9.59 Å². The molecule has 0 heterocycles. The molecule has 1 fully saturated rings. The Bertz CT molecular complexity index is 805. The fraction of sp³-hybridized carbons (Fsp3) is 0.333. The summed E-state index contributed by atoms with van der Waals surface area (Å²) in [7, 11) is 0. The smallest absolute Gasteiger partial charge is 0.240 e. The SMILES string of the molecule is CCc1ccc(NC(=O)C2(C(=O)Nc3ccc(C)cc3C)CC2)cc1. The molecular formula is C21H24N2O2. The second kappa shape index (κ2) is 6.71. The lowest BCUT2D eigenvalue weighted by Gasteiger charge is -2.17. The number of hydrogen-bond acceptors (Lipinski definition) is 2. The molecule has 2 aromatic carbocycles. The first-order valence-corrected chi connectivity index (χ1v) is 8.74. The molecule has 25 heavy (non-hydrogen) atoms. The van der Waals surface area contributed by atoms with E-state index >= 15 is 0 Å². The first-order valence-electron chi connectivity index (χ1n) is 8.74. The number of aryl methyl sites for hydroxylation is 3. The number of rotatable bonds is 5. The summed E-state index contributed by atoms with van der Waals surface area (Å²) in [5, 5.41) is 5.81. The minimum absolute atomic E-state index is 0.220. The van der Waals surface area contributed by atoms with Crippen molar-refractivity contribution in [1.29, 1.82) is 0 Å². The lowest BCUT2D eigenvalue weighted by Crippen LogP contribution is -2.35. The van der Waals surface area contributed by atoms with Crippen molar-refractivity contribution in [2.24, 2.45) is 5.41 Å². The van der Waals surface area contributed by atoms with E-state index in [-0.39, 0.29) is 11.8 Å². The van der Waals surface area contributed by atoms with Gasteiger partial charge in [0, 0.05) is 11.4 Å². The van der Waals surface area contributed by atoms with Gasteiger partial charge in [-0.15, -0.1) is 0 Å². The summed E-state index contributed by atoms with van der Waals surface area (Å²) >= 11 is 0. The predicted octanol–water partition coefficient (Wildman–Crippen LogP) is 4.22. The third-order valence-corrected chi connectivity index (χ3v) is 4.87. The Labute approximate surface area is 148 Å². The number of nitrogens with one attached hydrogen (secondary N) is 2. The first-order chi connectivity index (χ1) is 11.9. The van der Waals surface area contributed by atoms with Gasteiger partial charge in [0.15, 0.2) is 0 Å². The molecule has 1 aliphatic rings. The van der Waals surface area contributed by atoms with Crippen LogP contribution in [0, 0.1) is 19.3 Å². The fourth-order valence-electron chi connectivity index (χ4n) is 2.95. The maximum Gasteiger partial charge on any atom is 0.240 e. The molecule has 4 heteroatoms. The first kappa shape index (κ1) is 17.2. The highest BCUT2D eigenvalue weighted by atomic mass is 16.2. The van der Waals surface area contributed by atoms with E-state index in [0.29, 0.717) is 12.8 Å². The van der Waals surface area contributed by atoms with Crippen LogP contribution >= 0.6 is 0 Å². The highest BCUT2D eigenvalue weighted by molar-refractivity contribution is 6.17. The zero-order chi connectivity index (χ0) is 18.0. The second-order valence-electron chi connectivity index (χ2n) is 6.86. The van der Waals surface area contributed by atoms with E-state index in [1.165, 1.54) is 5.56 Å². The standard InChI is InChI=1S/C21H24N2O2/c1-4-16-6-8-17(9-7-16)22-19(24)21(11-12-21)20(25)23-18-10-5-14(2)13-15(18)3/h5-10,13H,4,11-12H2,1-3H3,(H,22,24)(H,23,25). The Kier molecular flexibility index (Phi) is 4.62. The maximum absolute atomic E-state index is 12.7. The van der Waals surface area contributed by atoms with Crippen LogP contribution in [-0.2, 0) is 16.0 Å². The fourth-order valence-corrected chi connectivity index (χ4v) is 2.95.